The van der Waals surface area contributed by atoms with Crippen molar-refractivity contribution in [3.05, 3.63) is 65.4 Å². The van der Waals surface area contributed by atoms with E-state index in [1.54, 1.807) is 38.1 Å². The summed E-state index contributed by atoms with van der Waals surface area (Å²) in [7, 11) is 3.86. The fourth-order valence-corrected chi connectivity index (χ4v) is 5.19. The van der Waals surface area contributed by atoms with Crippen molar-refractivity contribution in [3.63, 3.8) is 0 Å². The highest BCUT2D eigenvalue weighted by molar-refractivity contribution is 5.99. The average Bonchev–Trinajstić information content (AvgIpc) is 3.35. The van der Waals surface area contributed by atoms with E-state index < -0.39 is 42.5 Å². The number of hydrogen-bond acceptors (Lipinski definition) is 11. The number of para-hydroxylation sites is 1. The van der Waals surface area contributed by atoms with E-state index in [0.29, 0.717) is 23.4 Å². The molecule has 1 aromatic heterocycles. The molecule has 1 fully saturated rings. The van der Waals surface area contributed by atoms with Gasteiger partial charge in [-0.25, -0.2) is 0 Å². The van der Waals surface area contributed by atoms with Crippen molar-refractivity contribution in [1.82, 2.24) is 10.2 Å². The minimum atomic E-state index is -0.864. The molecule has 0 unspecified atom stereocenters. The summed E-state index contributed by atoms with van der Waals surface area (Å²) < 4.78 is 34.0. The van der Waals surface area contributed by atoms with Crippen molar-refractivity contribution in [2.75, 3.05) is 33.9 Å². The Balaban J connectivity index is 1.26. The van der Waals surface area contributed by atoms with Crippen molar-refractivity contribution >= 4 is 34.6 Å². The van der Waals surface area contributed by atoms with Crippen LogP contribution in [0.25, 0.3) is 11.0 Å². The van der Waals surface area contributed by atoms with Gasteiger partial charge < -0.3 is 38.3 Å². The molecule has 0 radical (unpaired) electrons. The molecule has 1 amide bonds. The maximum absolute atomic E-state index is 12.9. The van der Waals surface area contributed by atoms with Crippen LogP contribution in [0.2, 0.25) is 0 Å². The number of fused-ring (bicyclic) bond motifs is 1. The summed E-state index contributed by atoms with van der Waals surface area (Å²) in [6, 6.07) is 14.1. The second kappa shape index (κ2) is 15.2. The topological polar surface area (TPSA) is 143 Å². The second-order valence-corrected chi connectivity index (χ2v) is 11.2. The van der Waals surface area contributed by atoms with Gasteiger partial charge in [0.1, 0.15) is 30.7 Å². The molecular weight excluding hydrogens is 584 g/mol. The Labute approximate surface area is 261 Å². The number of carbonyl (C=O) groups excluding carboxylic acids is 4. The van der Waals surface area contributed by atoms with Crippen LogP contribution >= 0.6 is 0 Å². The third kappa shape index (κ3) is 8.68. The molecule has 0 saturated carbocycles. The van der Waals surface area contributed by atoms with Gasteiger partial charge in [-0.05, 0) is 51.4 Å². The first kappa shape index (κ1) is 33.6. The fraction of sp³-hybridized carbons (Fsp3) is 0.455. The Bertz CT molecular complexity index is 1500. The van der Waals surface area contributed by atoms with Crippen molar-refractivity contribution in [3.8, 4) is 5.75 Å². The molecule has 1 aliphatic heterocycles. The Kier molecular flexibility index (Phi) is 11.3. The number of amides is 1. The van der Waals surface area contributed by atoms with E-state index in [9.17, 15) is 19.2 Å². The molecule has 242 valence electrons. The highest BCUT2D eigenvalue weighted by Gasteiger charge is 2.46. The van der Waals surface area contributed by atoms with E-state index in [2.05, 4.69) is 5.32 Å². The summed E-state index contributed by atoms with van der Waals surface area (Å²) >= 11 is 0. The molecule has 4 rings (SSSR count). The molecule has 2 aromatic carbocycles. The monoisotopic (exact) mass is 624 g/mol. The molecular formula is C33H40N2O10. The molecule has 0 aliphatic carbocycles. The summed E-state index contributed by atoms with van der Waals surface area (Å²) in [5, 5.41) is 3.75. The minimum Gasteiger partial charge on any atom is -0.492 e. The van der Waals surface area contributed by atoms with Crippen LogP contribution in [0.3, 0.4) is 0 Å². The summed E-state index contributed by atoms with van der Waals surface area (Å²) in [5.41, 5.74) is 1.89. The zero-order valence-corrected chi connectivity index (χ0v) is 26.4. The molecule has 1 N–H and O–H groups in total. The fourth-order valence-electron chi connectivity index (χ4n) is 5.19. The summed E-state index contributed by atoms with van der Waals surface area (Å²) in [6.07, 6.45) is -3.09. The number of benzene rings is 2. The van der Waals surface area contributed by atoms with E-state index >= 15 is 0 Å². The molecule has 1 aliphatic rings. The summed E-state index contributed by atoms with van der Waals surface area (Å²) in [5.74, 6) is -1.37. The Morgan fingerprint density at radius 3 is 2.24 bits per heavy atom. The van der Waals surface area contributed by atoms with Crippen LogP contribution in [0.5, 0.6) is 5.75 Å². The number of Topliss-reactive ketones (excluding diaryl/α,β-unsaturated/α-hetero) is 1. The number of ether oxygens (including phenoxy) is 5. The van der Waals surface area contributed by atoms with Crippen molar-refractivity contribution in [2.24, 2.45) is 5.92 Å². The predicted octanol–water partition coefficient (Wildman–Crippen LogP) is 3.75. The molecule has 0 bridgehead atoms. The van der Waals surface area contributed by atoms with E-state index in [-0.39, 0.29) is 37.2 Å². The van der Waals surface area contributed by atoms with Gasteiger partial charge >= 0.3 is 11.9 Å². The van der Waals surface area contributed by atoms with Gasteiger partial charge in [-0.2, -0.15) is 0 Å². The van der Waals surface area contributed by atoms with E-state index in [0.717, 1.165) is 10.9 Å². The first-order valence-corrected chi connectivity index (χ1v) is 14.8. The number of nitrogens with one attached hydrogen (secondary N) is 1. The van der Waals surface area contributed by atoms with Crippen molar-refractivity contribution in [2.45, 2.75) is 58.8 Å². The van der Waals surface area contributed by atoms with E-state index in [1.165, 1.54) is 13.8 Å². The van der Waals surface area contributed by atoms with E-state index in [1.807, 2.05) is 43.3 Å². The van der Waals surface area contributed by atoms with Crippen molar-refractivity contribution in [1.29, 1.82) is 0 Å². The largest absolute Gasteiger partial charge is 0.492 e. The third-order valence-corrected chi connectivity index (χ3v) is 7.28. The lowest BCUT2D eigenvalue weighted by atomic mass is 9.92. The Morgan fingerprint density at radius 1 is 0.911 bits per heavy atom. The number of hydrogen-bond donors (Lipinski definition) is 1. The van der Waals surface area contributed by atoms with Crippen LogP contribution in [0.15, 0.2) is 52.9 Å². The van der Waals surface area contributed by atoms with Gasteiger partial charge in [0, 0.05) is 42.8 Å². The maximum atomic E-state index is 12.9. The summed E-state index contributed by atoms with van der Waals surface area (Å²) in [6.45, 7) is 6.68. The molecule has 3 aromatic rings. The van der Waals surface area contributed by atoms with Gasteiger partial charge in [0.2, 0.25) is 0 Å². The average molecular weight is 625 g/mol. The number of ketones is 1. The SMILES string of the molecule is CC(=O)O[C@H]1[C@H](C)[C@H](OCC(=O)c2ccc(OCCNC(=O)c3oc4ccccc4c3CN(C)C)cc2)O[C@@H](C)[C@H]1OC(C)=O. The van der Waals surface area contributed by atoms with Crippen LogP contribution in [0.4, 0.5) is 0 Å². The quantitative estimate of drug-likeness (QED) is 0.169. The highest BCUT2D eigenvalue weighted by Crippen LogP contribution is 2.31. The standard InChI is InChI=1S/C33H40N2O10/c1-19-29(43-21(3)36)30(44-22(4)37)20(2)42-33(19)41-18-27(38)23-11-13-24(14-12-23)40-16-15-34-32(39)31-26(17-35(5)6)25-9-7-8-10-28(25)45-31/h7-14,19-20,29-30,33H,15-18H2,1-6H3,(H,34,39)/t19-,20-,29-,30+,33+/m0/s1. The first-order valence-electron chi connectivity index (χ1n) is 14.8. The molecule has 12 heteroatoms. The molecule has 45 heavy (non-hydrogen) atoms. The lowest BCUT2D eigenvalue weighted by Crippen LogP contribution is -2.56. The van der Waals surface area contributed by atoms with Gasteiger partial charge in [-0.15, -0.1) is 0 Å². The molecule has 1 saturated heterocycles. The van der Waals surface area contributed by atoms with E-state index in [4.69, 9.17) is 28.1 Å². The molecule has 5 atom stereocenters. The smallest absolute Gasteiger partial charge is 0.303 e. The zero-order chi connectivity index (χ0) is 32.7. The second-order valence-electron chi connectivity index (χ2n) is 11.2. The van der Waals surface area contributed by atoms with Crippen LogP contribution in [-0.2, 0) is 35.1 Å². The highest BCUT2D eigenvalue weighted by atomic mass is 16.7. The molecule has 0 spiro atoms. The summed E-state index contributed by atoms with van der Waals surface area (Å²) in [4.78, 5) is 51.0. The van der Waals surface area contributed by atoms with Gasteiger partial charge in [-0.1, -0.05) is 25.1 Å². The number of rotatable bonds is 13. The van der Waals surface area contributed by atoms with Gasteiger partial charge in [-0.3, -0.25) is 19.2 Å². The van der Waals surface area contributed by atoms with Crippen LogP contribution in [-0.4, -0.2) is 87.0 Å². The number of furan rings is 1. The molecule has 12 nitrogen and oxygen atoms in total. The molecule has 2 heterocycles. The Hall–Kier alpha value is -4.26. The minimum absolute atomic E-state index is 0.207. The lowest BCUT2D eigenvalue weighted by molar-refractivity contribution is -0.276. The van der Waals surface area contributed by atoms with Crippen LogP contribution < -0.4 is 10.1 Å². The first-order chi connectivity index (χ1) is 21.4. The van der Waals surface area contributed by atoms with Crippen LogP contribution in [0.1, 0.15) is 54.2 Å². The lowest BCUT2D eigenvalue weighted by Gasteiger charge is -2.42. The predicted molar refractivity (Wildman–Crippen MR) is 163 cm³/mol. The van der Waals surface area contributed by atoms with Gasteiger partial charge in [0.05, 0.1) is 12.6 Å². The van der Waals surface area contributed by atoms with Crippen molar-refractivity contribution < 1.29 is 47.3 Å². The van der Waals surface area contributed by atoms with Gasteiger partial charge in [0.25, 0.3) is 5.91 Å². The number of carbonyl (C=O) groups is 4. The van der Waals surface area contributed by atoms with Crippen LogP contribution in [0, 0.1) is 5.92 Å². The Morgan fingerprint density at radius 2 is 1.58 bits per heavy atom. The maximum Gasteiger partial charge on any atom is 0.303 e. The number of nitrogens with zero attached hydrogens (tertiary/aromatic N) is 1. The van der Waals surface area contributed by atoms with Gasteiger partial charge in [0.15, 0.2) is 23.9 Å². The number of esters is 2. The zero-order valence-electron chi connectivity index (χ0n) is 26.4. The normalized spacial score (nSPS) is 21.4. The third-order valence-electron chi connectivity index (χ3n) is 7.28.